The standard InChI is InChI=1S/C14H28N2S/c1-14(2)5-4-13(15)12(10-14)11-16-6-3-8-17-9-7-16/h12-13H,3-11,15H2,1-2H3. The van der Waals surface area contributed by atoms with E-state index < -0.39 is 0 Å². The van der Waals surface area contributed by atoms with E-state index in [-0.39, 0.29) is 0 Å². The Hall–Kier alpha value is 0.270. The normalized spacial score (nSPS) is 35.5. The first-order valence-corrected chi connectivity index (χ1v) is 8.28. The predicted molar refractivity (Wildman–Crippen MR) is 77.5 cm³/mol. The molecule has 2 unspecified atom stereocenters. The molecular weight excluding hydrogens is 228 g/mol. The monoisotopic (exact) mass is 256 g/mol. The molecule has 2 N–H and O–H groups in total. The van der Waals surface area contributed by atoms with Crippen LogP contribution in [0.25, 0.3) is 0 Å². The van der Waals surface area contributed by atoms with Crippen molar-refractivity contribution in [1.29, 1.82) is 0 Å². The topological polar surface area (TPSA) is 29.3 Å². The Morgan fingerprint density at radius 1 is 1.29 bits per heavy atom. The lowest BCUT2D eigenvalue weighted by molar-refractivity contribution is 0.118. The third-order valence-corrected chi connectivity index (χ3v) is 5.43. The fourth-order valence-corrected chi connectivity index (χ4v) is 4.19. The predicted octanol–water partition coefficient (Wildman–Crippen LogP) is 2.58. The molecule has 1 aliphatic carbocycles. The van der Waals surface area contributed by atoms with Crippen LogP contribution >= 0.6 is 11.8 Å². The summed E-state index contributed by atoms with van der Waals surface area (Å²) in [4.78, 5) is 2.66. The summed E-state index contributed by atoms with van der Waals surface area (Å²) in [5.74, 6) is 3.38. The zero-order valence-electron chi connectivity index (χ0n) is 11.5. The second kappa shape index (κ2) is 5.94. The van der Waals surface area contributed by atoms with Crippen LogP contribution in [0, 0.1) is 11.3 Å². The summed E-state index contributed by atoms with van der Waals surface area (Å²) in [6.07, 6.45) is 5.20. The van der Waals surface area contributed by atoms with E-state index >= 15 is 0 Å². The summed E-state index contributed by atoms with van der Waals surface area (Å²) in [6.45, 7) is 8.62. The minimum atomic E-state index is 0.443. The SMILES string of the molecule is CC1(C)CCC(N)C(CN2CCCSCC2)C1. The molecule has 17 heavy (non-hydrogen) atoms. The van der Waals surface area contributed by atoms with Crippen LogP contribution in [-0.2, 0) is 0 Å². The summed E-state index contributed by atoms with van der Waals surface area (Å²) >= 11 is 2.11. The van der Waals surface area contributed by atoms with Crippen molar-refractivity contribution in [2.75, 3.05) is 31.1 Å². The number of nitrogens with zero attached hydrogens (tertiary/aromatic N) is 1. The Kier molecular flexibility index (Phi) is 4.79. The minimum Gasteiger partial charge on any atom is -0.327 e. The highest BCUT2D eigenvalue weighted by Gasteiger charge is 2.33. The molecule has 0 bridgehead atoms. The lowest BCUT2D eigenvalue weighted by Crippen LogP contribution is -2.45. The van der Waals surface area contributed by atoms with Gasteiger partial charge < -0.3 is 10.6 Å². The van der Waals surface area contributed by atoms with Crippen molar-refractivity contribution in [2.45, 2.75) is 45.6 Å². The molecule has 1 saturated heterocycles. The van der Waals surface area contributed by atoms with Gasteiger partial charge in [-0.05, 0) is 49.3 Å². The molecule has 0 amide bonds. The maximum atomic E-state index is 6.32. The first kappa shape index (κ1) is 13.7. The van der Waals surface area contributed by atoms with Crippen LogP contribution < -0.4 is 5.73 Å². The second-order valence-electron chi connectivity index (χ2n) is 6.60. The zero-order chi connectivity index (χ0) is 12.3. The van der Waals surface area contributed by atoms with Crippen molar-refractivity contribution in [3.05, 3.63) is 0 Å². The highest BCUT2D eigenvalue weighted by Crippen LogP contribution is 2.38. The quantitative estimate of drug-likeness (QED) is 0.823. The van der Waals surface area contributed by atoms with Crippen molar-refractivity contribution >= 4 is 11.8 Å². The van der Waals surface area contributed by atoms with E-state index in [9.17, 15) is 0 Å². The molecule has 0 aromatic rings. The van der Waals surface area contributed by atoms with E-state index in [4.69, 9.17) is 5.73 Å². The Labute approximate surface area is 111 Å². The Bertz CT molecular complexity index is 234. The molecular formula is C14H28N2S. The van der Waals surface area contributed by atoms with Crippen LogP contribution in [0.4, 0.5) is 0 Å². The minimum absolute atomic E-state index is 0.443. The van der Waals surface area contributed by atoms with Gasteiger partial charge in [0.2, 0.25) is 0 Å². The Morgan fingerprint density at radius 2 is 2.12 bits per heavy atom. The number of hydrogen-bond acceptors (Lipinski definition) is 3. The van der Waals surface area contributed by atoms with Crippen molar-refractivity contribution in [2.24, 2.45) is 17.1 Å². The molecule has 2 nitrogen and oxygen atoms in total. The molecule has 1 aliphatic heterocycles. The number of rotatable bonds is 2. The van der Waals surface area contributed by atoms with Crippen molar-refractivity contribution < 1.29 is 0 Å². The summed E-state index contributed by atoms with van der Waals surface area (Å²) in [7, 11) is 0. The van der Waals surface area contributed by atoms with Gasteiger partial charge in [0.15, 0.2) is 0 Å². The summed E-state index contributed by atoms with van der Waals surface area (Å²) in [6, 6.07) is 0.443. The zero-order valence-corrected chi connectivity index (χ0v) is 12.3. The molecule has 1 heterocycles. The van der Waals surface area contributed by atoms with E-state index in [2.05, 4.69) is 30.5 Å². The van der Waals surface area contributed by atoms with Crippen LogP contribution in [0.5, 0.6) is 0 Å². The summed E-state index contributed by atoms with van der Waals surface area (Å²) in [5, 5.41) is 0. The number of nitrogens with two attached hydrogens (primary N) is 1. The van der Waals surface area contributed by atoms with Crippen LogP contribution in [0.2, 0.25) is 0 Å². The largest absolute Gasteiger partial charge is 0.327 e. The van der Waals surface area contributed by atoms with Gasteiger partial charge in [-0.2, -0.15) is 11.8 Å². The lowest BCUT2D eigenvalue weighted by Gasteiger charge is -2.41. The molecule has 2 atom stereocenters. The van der Waals surface area contributed by atoms with Gasteiger partial charge in [0, 0.05) is 24.9 Å². The molecule has 0 radical (unpaired) electrons. The van der Waals surface area contributed by atoms with Crippen molar-refractivity contribution in [3.8, 4) is 0 Å². The van der Waals surface area contributed by atoms with Gasteiger partial charge in [-0.15, -0.1) is 0 Å². The Morgan fingerprint density at radius 3 is 2.94 bits per heavy atom. The van der Waals surface area contributed by atoms with Gasteiger partial charge >= 0.3 is 0 Å². The fraction of sp³-hybridized carbons (Fsp3) is 1.00. The maximum Gasteiger partial charge on any atom is 0.00797 e. The molecule has 2 aliphatic rings. The second-order valence-corrected chi connectivity index (χ2v) is 7.82. The smallest absolute Gasteiger partial charge is 0.00797 e. The molecule has 3 heteroatoms. The highest BCUT2D eigenvalue weighted by atomic mass is 32.2. The van der Waals surface area contributed by atoms with E-state index in [1.165, 1.54) is 56.8 Å². The molecule has 1 saturated carbocycles. The van der Waals surface area contributed by atoms with Crippen LogP contribution in [0.3, 0.4) is 0 Å². The van der Waals surface area contributed by atoms with E-state index in [0.29, 0.717) is 11.5 Å². The lowest BCUT2D eigenvalue weighted by atomic mass is 9.70. The van der Waals surface area contributed by atoms with Gasteiger partial charge in [-0.25, -0.2) is 0 Å². The summed E-state index contributed by atoms with van der Waals surface area (Å²) in [5.41, 5.74) is 6.84. The van der Waals surface area contributed by atoms with E-state index in [1.54, 1.807) is 0 Å². The molecule has 2 fully saturated rings. The maximum absolute atomic E-state index is 6.32. The third kappa shape index (κ3) is 4.15. The first-order valence-electron chi connectivity index (χ1n) is 7.12. The van der Waals surface area contributed by atoms with Gasteiger partial charge in [0.05, 0.1) is 0 Å². The number of thioether (sulfide) groups is 1. The average Bonchev–Trinajstić information content (AvgIpc) is 2.52. The van der Waals surface area contributed by atoms with E-state index in [1.807, 2.05) is 0 Å². The first-order chi connectivity index (χ1) is 8.07. The third-order valence-electron chi connectivity index (χ3n) is 4.38. The van der Waals surface area contributed by atoms with Crippen LogP contribution in [0.1, 0.15) is 39.5 Å². The van der Waals surface area contributed by atoms with Gasteiger partial charge in [-0.1, -0.05) is 13.8 Å². The molecule has 2 rings (SSSR count). The average molecular weight is 256 g/mol. The molecule has 0 aromatic carbocycles. The van der Waals surface area contributed by atoms with Crippen LogP contribution in [0.15, 0.2) is 0 Å². The van der Waals surface area contributed by atoms with Crippen molar-refractivity contribution in [3.63, 3.8) is 0 Å². The molecule has 0 spiro atoms. The van der Waals surface area contributed by atoms with Gasteiger partial charge in [0.25, 0.3) is 0 Å². The highest BCUT2D eigenvalue weighted by molar-refractivity contribution is 7.99. The van der Waals surface area contributed by atoms with Crippen LogP contribution in [-0.4, -0.2) is 42.1 Å². The molecule has 100 valence electrons. The van der Waals surface area contributed by atoms with Gasteiger partial charge in [-0.3, -0.25) is 0 Å². The number of hydrogen-bond donors (Lipinski definition) is 1. The summed E-state index contributed by atoms with van der Waals surface area (Å²) < 4.78 is 0. The Balaban J connectivity index is 1.87. The van der Waals surface area contributed by atoms with Gasteiger partial charge in [0.1, 0.15) is 0 Å². The molecule has 0 aromatic heterocycles. The van der Waals surface area contributed by atoms with Crippen molar-refractivity contribution in [1.82, 2.24) is 4.90 Å². The van der Waals surface area contributed by atoms with E-state index in [0.717, 1.165) is 5.92 Å². The fourth-order valence-electron chi connectivity index (χ4n) is 3.27.